The predicted molar refractivity (Wildman–Crippen MR) is 147 cm³/mol. The van der Waals surface area contributed by atoms with Crippen molar-refractivity contribution >= 4 is 23.5 Å². The Labute approximate surface area is 212 Å². The van der Waals surface area contributed by atoms with Gasteiger partial charge < -0.3 is 15.4 Å². The van der Waals surface area contributed by atoms with Gasteiger partial charge in [-0.05, 0) is 72.0 Å². The summed E-state index contributed by atoms with van der Waals surface area (Å²) in [6.45, 7) is 10.1. The van der Waals surface area contributed by atoms with Gasteiger partial charge in [-0.3, -0.25) is 4.79 Å². The molecule has 0 aliphatic carbocycles. The van der Waals surface area contributed by atoms with Gasteiger partial charge in [0.25, 0.3) is 5.91 Å². The van der Waals surface area contributed by atoms with Crippen LogP contribution in [0.5, 0.6) is 11.6 Å². The monoisotopic (exact) mass is 478 g/mol. The van der Waals surface area contributed by atoms with E-state index in [2.05, 4.69) is 47.1 Å². The number of amides is 1. The van der Waals surface area contributed by atoms with Crippen LogP contribution in [0.4, 0.5) is 11.5 Å². The molecule has 0 atom stereocenters. The van der Waals surface area contributed by atoms with E-state index in [0.717, 1.165) is 33.8 Å². The highest BCUT2D eigenvalue weighted by atomic mass is 16.5. The molecule has 1 amide bonds. The molecule has 0 bridgehead atoms. The Balaban J connectivity index is 1.66. The van der Waals surface area contributed by atoms with Crippen molar-refractivity contribution in [1.29, 1.82) is 0 Å². The molecule has 4 aromatic rings. The molecular weight excluding hydrogens is 448 g/mol. The number of hydrogen-bond acceptors (Lipinski definition) is 5. The number of hydrogen-bond donors (Lipinski definition) is 2. The Morgan fingerprint density at radius 3 is 2.61 bits per heavy atom. The SMILES string of the molecule is C=Cc1ccc(C(=O)Nc2cc(C(C)C)ccc2C)cc1Oc1ncccc1-c1ccnc(NC)c1. The van der Waals surface area contributed by atoms with Crippen LogP contribution in [0, 0.1) is 6.92 Å². The van der Waals surface area contributed by atoms with Gasteiger partial charge in [0, 0.05) is 41.8 Å². The van der Waals surface area contributed by atoms with Crippen LogP contribution in [0.2, 0.25) is 0 Å². The van der Waals surface area contributed by atoms with E-state index in [-0.39, 0.29) is 5.91 Å². The number of benzene rings is 2. The maximum atomic E-state index is 13.2. The smallest absolute Gasteiger partial charge is 0.255 e. The number of anilines is 2. The summed E-state index contributed by atoms with van der Waals surface area (Å²) in [6.07, 6.45) is 5.10. The van der Waals surface area contributed by atoms with E-state index >= 15 is 0 Å². The quantitative estimate of drug-likeness (QED) is 0.278. The van der Waals surface area contributed by atoms with Crippen molar-refractivity contribution in [2.45, 2.75) is 26.7 Å². The van der Waals surface area contributed by atoms with Crippen LogP contribution >= 0.6 is 0 Å². The van der Waals surface area contributed by atoms with Crippen molar-refractivity contribution < 1.29 is 9.53 Å². The third-order valence-electron chi connectivity index (χ3n) is 5.98. The number of pyridine rings is 2. The van der Waals surface area contributed by atoms with Crippen LogP contribution in [-0.4, -0.2) is 22.9 Å². The molecule has 2 aromatic carbocycles. The molecule has 36 heavy (non-hydrogen) atoms. The maximum Gasteiger partial charge on any atom is 0.255 e. The number of rotatable bonds is 8. The molecule has 6 nitrogen and oxygen atoms in total. The van der Waals surface area contributed by atoms with E-state index in [0.29, 0.717) is 23.1 Å². The summed E-state index contributed by atoms with van der Waals surface area (Å²) >= 11 is 0. The van der Waals surface area contributed by atoms with Crippen LogP contribution < -0.4 is 15.4 Å². The number of nitrogens with zero attached hydrogens (tertiary/aromatic N) is 2. The van der Waals surface area contributed by atoms with Crippen LogP contribution in [0.25, 0.3) is 17.2 Å². The van der Waals surface area contributed by atoms with Crippen LogP contribution in [-0.2, 0) is 0 Å². The fourth-order valence-electron chi connectivity index (χ4n) is 3.79. The summed E-state index contributed by atoms with van der Waals surface area (Å²) in [7, 11) is 1.82. The average Bonchev–Trinajstić information content (AvgIpc) is 2.90. The van der Waals surface area contributed by atoms with Crippen LogP contribution in [0.3, 0.4) is 0 Å². The summed E-state index contributed by atoms with van der Waals surface area (Å²) in [5.74, 6) is 1.81. The zero-order valence-electron chi connectivity index (χ0n) is 21.0. The minimum absolute atomic E-state index is 0.214. The van der Waals surface area contributed by atoms with Crippen molar-refractivity contribution in [3.8, 4) is 22.8 Å². The number of ether oxygens (including phenoxy) is 1. The Hall–Kier alpha value is -4.45. The molecule has 6 heteroatoms. The van der Waals surface area contributed by atoms with Crippen molar-refractivity contribution in [3.05, 3.63) is 102 Å². The summed E-state index contributed by atoms with van der Waals surface area (Å²) in [4.78, 5) is 21.9. The number of aryl methyl sites for hydroxylation is 1. The van der Waals surface area contributed by atoms with Crippen LogP contribution in [0.15, 0.2) is 79.6 Å². The van der Waals surface area contributed by atoms with Crippen molar-refractivity contribution in [2.24, 2.45) is 0 Å². The molecule has 0 aliphatic rings. The second-order valence-electron chi connectivity index (χ2n) is 8.78. The lowest BCUT2D eigenvalue weighted by Crippen LogP contribution is -2.13. The third-order valence-corrected chi connectivity index (χ3v) is 5.98. The summed E-state index contributed by atoms with van der Waals surface area (Å²) < 4.78 is 6.27. The number of aromatic nitrogens is 2. The van der Waals surface area contributed by atoms with Crippen molar-refractivity contribution in [1.82, 2.24) is 9.97 Å². The number of carbonyl (C=O) groups excluding carboxylic acids is 1. The van der Waals surface area contributed by atoms with Gasteiger partial charge in [-0.1, -0.05) is 44.7 Å². The predicted octanol–water partition coefficient (Wildman–Crippen LogP) is 7.30. The lowest BCUT2D eigenvalue weighted by Gasteiger charge is -2.15. The third kappa shape index (κ3) is 5.44. The van der Waals surface area contributed by atoms with Gasteiger partial charge in [-0.25, -0.2) is 9.97 Å². The topological polar surface area (TPSA) is 76.1 Å². The van der Waals surface area contributed by atoms with Crippen molar-refractivity contribution in [3.63, 3.8) is 0 Å². The minimum Gasteiger partial charge on any atom is -0.438 e. The largest absolute Gasteiger partial charge is 0.438 e. The molecule has 0 radical (unpaired) electrons. The van der Waals surface area contributed by atoms with Gasteiger partial charge in [0.1, 0.15) is 11.6 Å². The Morgan fingerprint density at radius 1 is 1.03 bits per heavy atom. The van der Waals surface area contributed by atoms with E-state index in [1.165, 1.54) is 5.56 Å². The van der Waals surface area contributed by atoms with E-state index in [4.69, 9.17) is 4.74 Å². The lowest BCUT2D eigenvalue weighted by atomic mass is 10.0. The zero-order chi connectivity index (χ0) is 25.7. The molecule has 0 fully saturated rings. The molecule has 0 aliphatic heterocycles. The molecule has 0 saturated carbocycles. The first-order chi connectivity index (χ1) is 17.4. The van der Waals surface area contributed by atoms with E-state index < -0.39 is 0 Å². The second-order valence-corrected chi connectivity index (χ2v) is 8.78. The van der Waals surface area contributed by atoms with Gasteiger partial charge in [-0.15, -0.1) is 0 Å². The number of nitrogens with one attached hydrogen (secondary N) is 2. The normalized spacial score (nSPS) is 10.7. The molecule has 182 valence electrons. The molecule has 2 heterocycles. The molecule has 0 spiro atoms. The van der Waals surface area contributed by atoms with Crippen LogP contribution in [0.1, 0.15) is 46.8 Å². The fraction of sp³-hybridized carbons (Fsp3) is 0.167. The zero-order valence-corrected chi connectivity index (χ0v) is 21.0. The highest BCUT2D eigenvalue weighted by Crippen LogP contribution is 2.34. The fourth-order valence-corrected chi connectivity index (χ4v) is 3.79. The lowest BCUT2D eigenvalue weighted by molar-refractivity contribution is 0.102. The molecule has 2 N–H and O–H groups in total. The highest BCUT2D eigenvalue weighted by molar-refractivity contribution is 6.05. The molecule has 0 unspecified atom stereocenters. The van der Waals surface area contributed by atoms with E-state index in [1.54, 1.807) is 30.6 Å². The van der Waals surface area contributed by atoms with Crippen molar-refractivity contribution in [2.75, 3.05) is 17.7 Å². The van der Waals surface area contributed by atoms with Gasteiger partial charge >= 0.3 is 0 Å². The first-order valence-corrected chi connectivity index (χ1v) is 11.8. The summed E-state index contributed by atoms with van der Waals surface area (Å²) in [5.41, 5.74) is 5.92. The Bertz CT molecular complexity index is 1410. The van der Waals surface area contributed by atoms with Gasteiger partial charge in [0.15, 0.2) is 0 Å². The molecule has 0 saturated heterocycles. The summed E-state index contributed by atoms with van der Waals surface area (Å²) in [5, 5.41) is 6.10. The average molecular weight is 479 g/mol. The first kappa shape index (κ1) is 24.7. The van der Waals surface area contributed by atoms with E-state index in [1.807, 2.05) is 56.4 Å². The standard InChI is InChI=1S/C30H30N4O2/c1-6-21-11-12-24(29(35)34-26-16-22(19(2)3)10-9-20(26)4)17-27(21)36-30-25(8-7-14-33-30)23-13-15-32-28(18-23)31-5/h6-19H,1H2,2-5H3,(H,31,32)(H,34,35). The Kier molecular flexibility index (Phi) is 7.44. The minimum atomic E-state index is -0.214. The highest BCUT2D eigenvalue weighted by Gasteiger charge is 2.15. The first-order valence-electron chi connectivity index (χ1n) is 11.8. The second kappa shape index (κ2) is 10.9. The Morgan fingerprint density at radius 2 is 1.86 bits per heavy atom. The van der Waals surface area contributed by atoms with Gasteiger partial charge in [-0.2, -0.15) is 0 Å². The number of carbonyl (C=O) groups is 1. The van der Waals surface area contributed by atoms with Gasteiger partial charge in [0.05, 0.1) is 0 Å². The maximum absolute atomic E-state index is 13.2. The molecular formula is C30H30N4O2. The summed E-state index contributed by atoms with van der Waals surface area (Å²) in [6, 6.07) is 19.1. The molecule has 4 rings (SSSR count). The van der Waals surface area contributed by atoms with Gasteiger partial charge in [0.2, 0.25) is 5.88 Å². The molecule has 2 aromatic heterocycles. The van der Waals surface area contributed by atoms with E-state index in [9.17, 15) is 4.79 Å².